The SMILES string of the molecule is Cc1ccc(C)c(NC(=O)COc2cccc(/C=C3/C(=O)NC(=O)N(c4ccc([N+](=O)[O-])cc4)C3=O)c2)c1. The number of nitro groups is 1. The molecule has 0 saturated carbocycles. The molecule has 0 aromatic heterocycles. The lowest BCUT2D eigenvalue weighted by atomic mass is 10.1. The summed E-state index contributed by atoms with van der Waals surface area (Å²) in [5, 5.41) is 15.8. The van der Waals surface area contributed by atoms with E-state index in [1.165, 1.54) is 24.3 Å². The molecule has 3 aromatic carbocycles. The third-order valence-electron chi connectivity index (χ3n) is 5.63. The number of nitrogens with one attached hydrogen (secondary N) is 2. The highest BCUT2D eigenvalue weighted by Crippen LogP contribution is 2.25. The van der Waals surface area contributed by atoms with Crippen molar-refractivity contribution in [3.8, 4) is 5.75 Å². The summed E-state index contributed by atoms with van der Waals surface area (Å²) < 4.78 is 5.59. The zero-order valence-corrected chi connectivity index (χ0v) is 20.4. The standard InChI is InChI=1S/C27H22N4O7/c1-16-6-7-17(2)23(12-16)28-24(32)15-38-21-5-3-4-18(13-21)14-22-25(33)29-27(35)30(26(22)34)19-8-10-20(11-9-19)31(36)37/h3-14H,15H2,1-2H3,(H,28,32)(H,29,33,35)/b22-14-. The highest BCUT2D eigenvalue weighted by molar-refractivity contribution is 6.39. The van der Waals surface area contributed by atoms with Crippen molar-refractivity contribution in [3.63, 3.8) is 0 Å². The van der Waals surface area contributed by atoms with Crippen LogP contribution in [0.15, 0.2) is 72.3 Å². The molecular weight excluding hydrogens is 492 g/mol. The number of nitro benzene ring substituents is 1. The second kappa shape index (κ2) is 10.7. The zero-order chi connectivity index (χ0) is 27.4. The smallest absolute Gasteiger partial charge is 0.335 e. The topological polar surface area (TPSA) is 148 Å². The number of amides is 5. The lowest BCUT2D eigenvalue weighted by Crippen LogP contribution is -2.54. The molecule has 192 valence electrons. The van der Waals surface area contributed by atoms with Crippen molar-refractivity contribution in [2.24, 2.45) is 0 Å². The molecule has 11 nitrogen and oxygen atoms in total. The van der Waals surface area contributed by atoms with Gasteiger partial charge in [-0.25, -0.2) is 9.69 Å². The number of benzene rings is 3. The number of non-ortho nitro benzene ring substituents is 1. The van der Waals surface area contributed by atoms with Crippen molar-refractivity contribution < 1.29 is 28.8 Å². The maximum atomic E-state index is 13.1. The van der Waals surface area contributed by atoms with Crippen LogP contribution in [-0.2, 0) is 14.4 Å². The van der Waals surface area contributed by atoms with E-state index in [0.29, 0.717) is 17.0 Å². The van der Waals surface area contributed by atoms with Crippen LogP contribution in [0, 0.1) is 24.0 Å². The summed E-state index contributed by atoms with van der Waals surface area (Å²) in [6, 6.07) is 15.9. The summed E-state index contributed by atoms with van der Waals surface area (Å²) in [6.07, 6.45) is 1.28. The molecule has 0 spiro atoms. The molecule has 5 amide bonds. The Morgan fingerprint density at radius 2 is 1.79 bits per heavy atom. The average molecular weight is 514 g/mol. The fourth-order valence-electron chi connectivity index (χ4n) is 3.68. The van der Waals surface area contributed by atoms with Crippen molar-refractivity contribution in [3.05, 3.63) is 99.1 Å². The number of carbonyl (C=O) groups excluding carboxylic acids is 4. The number of hydrogen-bond donors (Lipinski definition) is 2. The first-order valence-corrected chi connectivity index (χ1v) is 11.4. The average Bonchev–Trinajstić information content (AvgIpc) is 2.88. The fourth-order valence-corrected chi connectivity index (χ4v) is 3.68. The molecule has 11 heteroatoms. The number of ether oxygens (including phenoxy) is 1. The minimum absolute atomic E-state index is 0.0587. The Bertz CT molecular complexity index is 1500. The first-order chi connectivity index (χ1) is 18.1. The molecule has 3 aromatic rings. The van der Waals surface area contributed by atoms with Gasteiger partial charge in [-0.3, -0.25) is 29.8 Å². The van der Waals surface area contributed by atoms with E-state index >= 15 is 0 Å². The fraction of sp³-hybridized carbons (Fsp3) is 0.111. The quantitative estimate of drug-likeness (QED) is 0.210. The Morgan fingerprint density at radius 1 is 1.05 bits per heavy atom. The molecule has 38 heavy (non-hydrogen) atoms. The molecule has 0 unspecified atom stereocenters. The lowest BCUT2D eigenvalue weighted by molar-refractivity contribution is -0.384. The van der Waals surface area contributed by atoms with Gasteiger partial charge < -0.3 is 10.1 Å². The normalized spacial score (nSPS) is 14.3. The van der Waals surface area contributed by atoms with E-state index in [-0.39, 0.29) is 29.5 Å². The summed E-state index contributed by atoms with van der Waals surface area (Å²) in [5.41, 5.74) is 2.53. The Labute approximate surface area is 216 Å². The van der Waals surface area contributed by atoms with Crippen LogP contribution in [0.2, 0.25) is 0 Å². The van der Waals surface area contributed by atoms with Crippen LogP contribution >= 0.6 is 0 Å². The molecular formula is C27H22N4O7. The van der Waals surface area contributed by atoms with Crippen LogP contribution in [0.1, 0.15) is 16.7 Å². The van der Waals surface area contributed by atoms with Gasteiger partial charge in [0, 0.05) is 17.8 Å². The predicted octanol–water partition coefficient (Wildman–Crippen LogP) is 3.90. The van der Waals surface area contributed by atoms with E-state index in [9.17, 15) is 29.3 Å². The van der Waals surface area contributed by atoms with Crippen molar-refractivity contribution in [1.29, 1.82) is 0 Å². The van der Waals surface area contributed by atoms with E-state index in [2.05, 4.69) is 10.6 Å². The molecule has 1 aliphatic rings. The molecule has 0 atom stereocenters. The first kappa shape index (κ1) is 25.8. The van der Waals surface area contributed by atoms with Gasteiger partial charge in [-0.1, -0.05) is 24.3 Å². The molecule has 0 aliphatic carbocycles. The van der Waals surface area contributed by atoms with E-state index < -0.39 is 22.8 Å². The summed E-state index contributed by atoms with van der Waals surface area (Å²) in [5.74, 6) is -1.83. The molecule has 0 radical (unpaired) electrons. The maximum Gasteiger partial charge on any atom is 0.335 e. The summed E-state index contributed by atoms with van der Waals surface area (Å²) in [7, 11) is 0. The van der Waals surface area contributed by atoms with Crippen molar-refractivity contribution in [2.45, 2.75) is 13.8 Å². The largest absolute Gasteiger partial charge is 0.484 e. The third kappa shape index (κ3) is 5.73. The molecule has 4 rings (SSSR count). The molecule has 1 fully saturated rings. The number of imide groups is 2. The number of urea groups is 1. The number of nitrogens with zero attached hydrogens (tertiary/aromatic N) is 2. The highest BCUT2D eigenvalue weighted by atomic mass is 16.6. The second-order valence-corrected chi connectivity index (χ2v) is 8.46. The highest BCUT2D eigenvalue weighted by Gasteiger charge is 2.37. The van der Waals surface area contributed by atoms with E-state index in [1.807, 2.05) is 32.0 Å². The number of carbonyl (C=O) groups is 4. The van der Waals surface area contributed by atoms with Gasteiger partial charge >= 0.3 is 6.03 Å². The van der Waals surface area contributed by atoms with Crippen LogP contribution in [0.25, 0.3) is 6.08 Å². The molecule has 1 heterocycles. The Kier molecular flexibility index (Phi) is 7.28. The van der Waals surface area contributed by atoms with E-state index in [1.54, 1.807) is 18.2 Å². The number of hydrogen-bond acceptors (Lipinski definition) is 7. The van der Waals surface area contributed by atoms with Gasteiger partial charge in [0.2, 0.25) is 0 Å². The van der Waals surface area contributed by atoms with Gasteiger partial charge in [-0.2, -0.15) is 0 Å². The molecule has 1 saturated heterocycles. The number of barbiturate groups is 1. The van der Waals surface area contributed by atoms with Crippen molar-refractivity contribution in [2.75, 3.05) is 16.8 Å². The van der Waals surface area contributed by atoms with Crippen molar-refractivity contribution in [1.82, 2.24) is 5.32 Å². The first-order valence-electron chi connectivity index (χ1n) is 11.4. The van der Waals surface area contributed by atoms with Crippen LogP contribution in [-0.4, -0.2) is 35.3 Å². The maximum absolute atomic E-state index is 13.1. The van der Waals surface area contributed by atoms with Gasteiger partial charge in [-0.05, 0) is 66.9 Å². The molecule has 2 N–H and O–H groups in total. The van der Waals surface area contributed by atoms with Crippen molar-refractivity contribution >= 4 is 46.9 Å². The zero-order valence-electron chi connectivity index (χ0n) is 20.4. The van der Waals surface area contributed by atoms with Gasteiger partial charge in [0.05, 0.1) is 10.6 Å². The second-order valence-electron chi connectivity index (χ2n) is 8.46. The summed E-state index contributed by atoms with van der Waals surface area (Å²) >= 11 is 0. The molecule has 0 bridgehead atoms. The van der Waals surface area contributed by atoms with Gasteiger partial charge in [0.1, 0.15) is 11.3 Å². The third-order valence-corrected chi connectivity index (χ3v) is 5.63. The minimum Gasteiger partial charge on any atom is -0.484 e. The van der Waals surface area contributed by atoms with Crippen LogP contribution in [0.4, 0.5) is 21.9 Å². The Balaban J connectivity index is 1.49. The number of anilines is 2. The van der Waals surface area contributed by atoms with Gasteiger partial charge in [-0.15, -0.1) is 0 Å². The monoisotopic (exact) mass is 514 g/mol. The van der Waals surface area contributed by atoms with E-state index in [0.717, 1.165) is 28.2 Å². The van der Waals surface area contributed by atoms with Crippen LogP contribution < -0.4 is 20.3 Å². The number of rotatable bonds is 7. The predicted molar refractivity (Wildman–Crippen MR) is 139 cm³/mol. The minimum atomic E-state index is -0.974. The van der Waals surface area contributed by atoms with Crippen LogP contribution in [0.3, 0.4) is 0 Å². The Morgan fingerprint density at radius 3 is 2.50 bits per heavy atom. The molecule has 1 aliphatic heterocycles. The summed E-state index contributed by atoms with van der Waals surface area (Å²) in [4.78, 5) is 61.2. The van der Waals surface area contributed by atoms with Gasteiger partial charge in [0.15, 0.2) is 6.61 Å². The van der Waals surface area contributed by atoms with E-state index in [4.69, 9.17) is 4.74 Å². The lowest BCUT2D eigenvalue weighted by Gasteiger charge is -2.26. The summed E-state index contributed by atoms with van der Waals surface area (Å²) in [6.45, 7) is 3.53. The van der Waals surface area contributed by atoms with Crippen LogP contribution in [0.5, 0.6) is 5.75 Å². The van der Waals surface area contributed by atoms with Gasteiger partial charge in [0.25, 0.3) is 23.4 Å². The Hall–Kier alpha value is -5.32. The number of aryl methyl sites for hydroxylation is 2.